The van der Waals surface area contributed by atoms with Crippen LogP contribution in [0.3, 0.4) is 0 Å². The summed E-state index contributed by atoms with van der Waals surface area (Å²) in [4.78, 5) is 18.3. The van der Waals surface area contributed by atoms with E-state index < -0.39 is 17.1 Å². The lowest BCUT2D eigenvalue weighted by molar-refractivity contribution is 0.322. The van der Waals surface area contributed by atoms with E-state index >= 15 is 0 Å². The first-order chi connectivity index (χ1) is 3.71. The maximum absolute atomic E-state index is 9.14. The molecule has 72 valence electrons. The van der Waals surface area contributed by atoms with Crippen LogP contribution < -0.4 is 0 Å². The van der Waals surface area contributed by atoms with Crippen LogP contribution in [0.2, 0.25) is 26.2 Å². The van der Waals surface area contributed by atoms with Gasteiger partial charge in [0.05, 0.1) is 0 Å². The van der Waals surface area contributed by atoms with Gasteiger partial charge in [0.15, 0.2) is 0 Å². The summed E-state index contributed by atoms with van der Waals surface area (Å²) in [6.45, 7) is 6.55. The Bertz CT molecular complexity index is 81.0. The molecule has 0 unspecified atom stereocenters. The van der Waals surface area contributed by atoms with Crippen LogP contribution in [0.15, 0.2) is 0 Å². The second kappa shape index (κ2) is 5.05. The summed E-state index contributed by atoms with van der Waals surface area (Å²) < 4.78 is 5.01. The third-order valence-corrected chi connectivity index (χ3v) is 4.50. The Morgan fingerprint density at radius 2 is 1.00 bits per heavy atom. The van der Waals surface area contributed by atoms with E-state index in [1.54, 1.807) is 26.2 Å². The molecule has 0 aliphatic carbocycles. The molecule has 0 aliphatic heterocycles. The summed E-state index contributed by atoms with van der Waals surface area (Å²) in [5.41, 5.74) is 0. The molecule has 2 N–H and O–H groups in total. The normalized spacial score (nSPS) is 11.5. The van der Waals surface area contributed by atoms with Gasteiger partial charge in [0.2, 0.25) is 0 Å². The Morgan fingerprint density at radius 3 is 1.00 bits per heavy atom. The monoisotopic (exact) mass is 198 g/mol. The van der Waals surface area contributed by atoms with Crippen molar-refractivity contribution in [3.05, 3.63) is 0 Å². The number of rotatable bonds is 2. The molecule has 0 saturated heterocycles. The van der Waals surface area contributed by atoms with E-state index in [2.05, 4.69) is 0 Å². The summed E-state index contributed by atoms with van der Waals surface area (Å²) in [5.74, 6) is 0. The zero-order valence-corrected chi connectivity index (χ0v) is 8.30. The minimum Gasteiger partial charge on any atom is -0.415 e. The molecular weight excluding hydrogens is 176 g/mol. The van der Waals surface area contributed by atoms with E-state index in [0.717, 1.165) is 0 Å². The van der Waals surface area contributed by atoms with Gasteiger partial charge in [-0.15, -0.1) is 0 Å². The van der Waals surface area contributed by atoms with Gasteiger partial charge in [0.25, 0.3) is 0 Å². The van der Waals surface area contributed by atoms with Crippen LogP contribution >= 0.6 is 0 Å². The molecule has 0 fully saturated rings. The van der Waals surface area contributed by atoms with Crippen molar-refractivity contribution in [2.24, 2.45) is 0 Å². The lowest BCUT2D eigenvalue weighted by Gasteiger charge is -2.23. The second-order valence-electron chi connectivity index (χ2n) is 3.00. The van der Waals surface area contributed by atoms with E-state index in [0.29, 0.717) is 0 Å². The standard InChI is InChI=1S/C4H14O3Si2.2CH4/c1-8(2,5)7-9(3,4)6;;/h5-6H,1-4H3;2*1H4. The van der Waals surface area contributed by atoms with Crippen molar-refractivity contribution in [2.75, 3.05) is 0 Å². The highest BCUT2D eigenvalue weighted by molar-refractivity contribution is 6.77. The molecule has 0 aromatic heterocycles. The molecule has 0 spiro atoms. The molecule has 11 heavy (non-hydrogen) atoms. The zero-order chi connectivity index (χ0) is 7.71. The van der Waals surface area contributed by atoms with Gasteiger partial charge in [0.1, 0.15) is 0 Å². The minimum absolute atomic E-state index is 0. The van der Waals surface area contributed by atoms with Gasteiger partial charge in [-0.2, -0.15) is 0 Å². The smallest absolute Gasteiger partial charge is 0.320 e. The Morgan fingerprint density at radius 1 is 0.818 bits per heavy atom. The molecule has 5 heteroatoms. The van der Waals surface area contributed by atoms with Gasteiger partial charge >= 0.3 is 17.1 Å². The average Bonchev–Trinajstić information content (AvgIpc) is 1.14. The molecule has 0 rings (SSSR count). The predicted octanol–water partition coefficient (Wildman–Crippen LogP) is 1.66. The van der Waals surface area contributed by atoms with Gasteiger partial charge < -0.3 is 13.7 Å². The van der Waals surface area contributed by atoms with Gasteiger partial charge in [-0.05, 0) is 26.2 Å². The van der Waals surface area contributed by atoms with Crippen LogP contribution in [-0.2, 0) is 4.12 Å². The van der Waals surface area contributed by atoms with Gasteiger partial charge in [0, 0.05) is 0 Å². The van der Waals surface area contributed by atoms with Crippen molar-refractivity contribution in [2.45, 2.75) is 41.0 Å². The Labute approximate surface area is 72.5 Å². The van der Waals surface area contributed by atoms with Crippen molar-refractivity contribution >= 4 is 17.1 Å². The van der Waals surface area contributed by atoms with Gasteiger partial charge in [-0.3, -0.25) is 0 Å². The molecule has 0 atom stereocenters. The summed E-state index contributed by atoms with van der Waals surface area (Å²) in [5, 5.41) is 0. The third kappa shape index (κ3) is 17.9. The Hall–Kier alpha value is 0.314. The van der Waals surface area contributed by atoms with Crippen LogP contribution in [0.25, 0.3) is 0 Å². The number of hydrogen-bond acceptors (Lipinski definition) is 3. The molecule has 0 radical (unpaired) electrons. The average molecular weight is 198 g/mol. The molecule has 0 amide bonds. The molecule has 0 aromatic rings. The minimum atomic E-state index is -2.48. The quantitative estimate of drug-likeness (QED) is 0.664. The van der Waals surface area contributed by atoms with Crippen molar-refractivity contribution in [3.63, 3.8) is 0 Å². The Kier molecular flexibility index (Phi) is 7.99. The molecule has 3 nitrogen and oxygen atoms in total. The molecule has 0 bridgehead atoms. The van der Waals surface area contributed by atoms with Crippen LogP contribution in [0, 0.1) is 0 Å². The van der Waals surface area contributed by atoms with Crippen LogP contribution in [0.4, 0.5) is 0 Å². The maximum atomic E-state index is 9.14. The first-order valence-corrected chi connectivity index (χ1v) is 8.57. The topological polar surface area (TPSA) is 49.7 Å². The number of hydrogen-bond donors (Lipinski definition) is 2. The molecular formula is C6H22O3Si2. The molecule has 0 aromatic carbocycles. The highest BCUT2D eigenvalue weighted by atomic mass is 28.5. The zero-order valence-electron chi connectivity index (χ0n) is 6.30. The van der Waals surface area contributed by atoms with Crippen molar-refractivity contribution in [1.29, 1.82) is 0 Å². The van der Waals surface area contributed by atoms with Crippen molar-refractivity contribution < 1.29 is 13.7 Å². The summed E-state index contributed by atoms with van der Waals surface area (Å²) in [6.07, 6.45) is 0. The fourth-order valence-electron chi connectivity index (χ4n) is 0.611. The lowest BCUT2D eigenvalue weighted by Crippen LogP contribution is -2.44. The van der Waals surface area contributed by atoms with Crippen molar-refractivity contribution in [3.8, 4) is 0 Å². The summed E-state index contributed by atoms with van der Waals surface area (Å²) in [7, 11) is -4.96. The maximum Gasteiger partial charge on any atom is 0.320 e. The molecule has 0 heterocycles. The van der Waals surface area contributed by atoms with Crippen LogP contribution in [-0.4, -0.2) is 26.7 Å². The van der Waals surface area contributed by atoms with E-state index in [9.17, 15) is 0 Å². The molecule has 0 saturated carbocycles. The first kappa shape index (κ1) is 17.4. The lowest BCUT2D eigenvalue weighted by atomic mass is 11.9. The Balaban J connectivity index is -0.000000320. The fourth-order valence-corrected chi connectivity index (χ4v) is 5.50. The third-order valence-electron chi connectivity index (χ3n) is 0.500. The van der Waals surface area contributed by atoms with Crippen molar-refractivity contribution in [1.82, 2.24) is 0 Å². The second-order valence-corrected chi connectivity index (χ2v) is 9.60. The van der Waals surface area contributed by atoms with E-state index in [1.807, 2.05) is 0 Å². The van der Waals surface area contributed by atoms with Crippen LogP contribution in [0.1, 0.15) is 14.9 Å². The van der Waals surface area contributed by atoms with Crippen LogP contribution in [0.5, 0.6) is 0 Å². The fraction of sp³-hybridized carbons (Fsp3) is 1.00. The largest absolute Gasteiger partial charge is 0.415 e. The van der Waals surface area contributed by atoms with E-state index in [4.69, 9.17) is 13.7 Å². The van der Waals surface area contributed by atoms with Gasteiger partial charge in [-0.1, -0.05) is 14.9 Å². The summed E-state index contributed by atoms with van der Waals surface area (Å²) >= 11 is 0. The van der Waals surface area contributed by atoms with E-state index in [1.165, 1.54) is 0 Å². The SMILES string of the molecule is C.C.C[Si](C)(O)O[Si](C)(C)O. The highest BCUT2D eigenvalue weighted by Crippen LogP contribution is 2.07. The summed E-state index contributed by atoms with van der Waals surface area (Å²) in [6, 6.07) is 0. The van der Waals surface area contributed by atoms with E-state index in [-0.39, 0.29) is 14.9 Å². The van der Waals surface area contributed by atoms with Gasteiger partial charge in [-0.25, -0.2) is 0 Å². The molecule has 0 aliphatic rings. The predicted molar refractivity (Wildman–Crippen MR) is 53.9 cm³/mol. The first-order valence-electron chi connectivity index (χ1n) is 2.86. The highest BCUT2D eigenvalue weighted by Gasteiger charge is 2.30.